The molecule has 0 spiro atoms. The number of hydrogen-bond donors (Lipinski definition) is 0. The highest BCUT2D eigenvalue weighted by Gasteiger charge is 2.51. The molecule has 2 fully saturated rings. The molecule has 2 aromatic rings. The van der Waals surface area contributed by atoms with Gasteiger partial charge in [-0.3, -0.25) is 4.68 Å². The maximum Gasteiger partial charge on any atom is 0.494 e. The van der Waals surface area contributed by atoms with Crippen molar-refractivity contribution in [2.75, 3.05) is 13.2 Å². The van der Waals surface area contributed by atoms with Gasteiger partial charge in [0.2, 0.25) is 0 Å². The average molecular weight is 328 g/mol. The smallest absolute Gasteiger partial charge is 0.399 e. The number of rotatable bonds is 2. The zero-order chi connectivity index (χ0) is 16.9. The fourth-order valence-electron chi connectivity index (χ4n) is 3.31. The molecule has 2 aliphatic rings. The molecule has 24 heavy (non-hydrogen) atoms. The molecule has 0 unspecified atom stereocenters. The summed E-state index contributed by atoms with van der Waals surface area (Å²) in [5.74, 6) is 0. The number of nitrogens with zero attached hydrogens (tertiary/aromatic N) is 2. The van der Waals surface area contributed by atoms with Gasteiger partial charge in [0.15, 0.2) is 0 Å². The normalized spacial score (nSPS) is 23.9. The van der Waals surface area contributed by atoms with Gasteiger partial charge in [-0.1, -0.05) is 12.1 Å². The Bertz CT molecular complexity index is 734. The largest absolute Gasteiger partial charge is 0.494 e. The van der Waals surface area contributed by atoms with E-state index in [2.05, 4.69) is 56.8 Å². The van der Waals surface area contributed by atoms with E-state index in [0.717, 1.165) is 42.4 Å². The Morgan fingerprint density at radius 1 is 1.08 bits per heavy atom. The molecular weight excluding hydrogens is 303 g/mol. The van der Waals surface area contributed by atoms with Gasteiger partial charge < -0.3 is 14.0 Å². The topological polar surface area (TPSA) is 45.5 Å². The van der Waals surface area contributed by atoms with Crippen molar-refractivity contribution in [3.05, 3.63) is 24.4 Å². The van der Waals surface area contributed by atoms with Gasteiger partial charge in [-0.2, -0.15) is 5.10 Å². The van der Waals surface area contributed by atoms with E-state index in [4.69, 9.17) is 19.1 Å². The molecule has 0 radical (unpaired) electrons. The summed E-state index contributed by atoms with van der Waals surface area (Å²) in [6.07, 6.45) is 4.19. The first-order valence-corrected chi connectivity index (χ1v) is 8.78. The highest BCUT2D eigenvalue weighted by Crippen LogP contribution is 2.36. The van der Waals surface area contributed by atoms with Crippen molar-refractivity contribution >= 4 is 23.5 Å². The van der Waals surface area contributed by atoms with E-state index >= 15 is 0 Å². The van der Waals surface area contributed by atoms with Crippen LogP contribution in [0.2, 0.25) is 0 Å². The summed E-state index contributed by atoms with van der Waals surface area (Å²) in [6.45, 7) is 9.94. The molecule has 0 amide bonds. The van der Waals surface area contributed by atoms with E-state index in [1.165, 1.54) is 0 Å². The SMILES string of the molecule is CC1(C)OB(c2ccc3cn(C4CCOCC4)nc3c2)OC1(C)C. The summed E-state index contributed by atoms with van der Waals surface area (Å²) in [5, 5.41) is 5.95. The number of aromatic nitrogens is 2. The number of hydrogen-bond acceptors (Lipinski definition) is 4. The molecule has 3 heterocycles. The molecule has 2 saturated heterocycles. The van der Waals surface area contributed by atoms with Crippen LogP contribution in [0.1, 0.15) is 46.6 Å². The van der Waals surface area contributed by atoms with Crippen molar-refractivity contribution in [1.29, 1.82) is 0 Å². The van der Waals surface area contributed by atoms with Gasteiger partial charge in [0.1, 0.15) is 0 Å². The summed E-state index contributed by atoms with van der Waals surface area (Å²) in [4.78, 5) is 0. The molecular formula is C18H25BN2O3. The second-order valence-electron chi connectivity index (χ2n) is 7.86. The molecule has 0 bridgehead atoms. The highest BCUT2D eigenvalue weighted by molar-refractivity contribution is 6.62. The molecule has 4 rings (SSSR count). The van der Waals surface area contributed by atoms with Crippen LogP contribution in [0.25, 0.3) is 10.9 Å². The van der Waals surface area contributed by atoms with Crippen molar-refractivity contribution in [3.63, 3.8) is 0 Å². The van der Waals surface area contributed by atoms with Crippen LogP contribution in [0.5, 0.6) is 0 Å². The number of benzene rings is 1. The van der Waals surface area contributed by atoms with Crippen LogP contribution < -0.4 is 5.46 Å². The van der Waals surface area contributed by atoms with Crippen molar-refractivity contribution in [2.45, 2.75) is 57.8 Å². The Hall–Kier alpha value is -1.37. The summed E-state index contributed by atoms with van der Waals surface area (Å²) in [5.41, 5.74) is 1.37. The van der Waals surface area contributed by atoms with E-state index in [9.17, 15) is 0 Å². The predicted octanol–water partition coefficient (Wildman–Crippen LogP) is 2.69. The molecule has 0 aliphatic carbocycles. The maximum atomic E-state index is 6.15. The van der Waals surface area contributed by atoms with Crippen LogP contribution in [-0.2, 0) is 14.0 Å². The minimum atomic E-state index is -0.340. The van der Waals surface area contributed by atoms with Gasteiger partial charge in [0.25, 0.3) is 0 Å². The quantitative estimate of drug-likeness (QED) is 0.795. The molecule has 5 nitrogen and oxygen atoms in total. The van der Waals surface area contributed by atoms with Gasteiger partial charge >= 0.3 is 7.12 Å². The minimum absolute atomic E-state index is 0.325. The molecule has 1 aromatic carbocycles. The minimum Gasteiger partial charge on any atom is -0.399 e. The van der Waals surface area contributed by atoms with Gasteiger partial charge in [-0.25, -0.2) is 0 Å². The monoisotopic (exact) mass is 328 g/mol. The molecule has 0 N–H and O–H groups in total. The van der Waals surface area contributed by atoms with E-state index in [1.807, 2.05) is 0 Å². The number of ether oxygens (including phenoxy) is 1. The van der Waals surface area contributed by atoms with Crippen molar-refractivity contribution in [1.82, 2.24) is 9.78 Å². The van der Waals surface area contributed by atoms with Crippen LogP contribution in [0.3, 0.4) is 0 Å². The summed E-state index contributed by atoms with van der Waals surface area (Å²) in [7, 11) is -0.340. The second-order valence-corrected chi connectivity index (χ2v) is 7.86. The fraction of sp³-hybridized carbons (Fsp3) is 0.611. The summed E-state index contributed by atoms with van der Waals surface area (Å²) < 4.78 is 19.8. The third kappa shape index (κ3) is 2.67. The first-order chi connectivity index (χ1) is 11.4. The lowest BCUT2D eigenvalue weighted by molar-refractivity contribution is 0.00578. The first kappa shape index (κ1) is 16.1. The molecule has 6 heteroatoms. The average Bonchev–Trinajstić information content (AvgIpc) is 3.06. The lowest BCUT2D eigenvalue weighted by atomic mass is 9.79. The maximum absolute atomic E-state index is 6.15. The lowest BCUT2D eigenvalue weighted by Crippen LogP contribution is -2.41. The van der Waals surface area contributed by atoms with E-state index in [-0.39, 0.29) is 18.3 Å². The van der Waals surface area contributed by atoms with E-state index in [0.29, 0.717) is 6.04 Å². The third-order valence-electron chi connectivity index (χ3n) is 5.64. The number of fused-ring (bicyclic) bond motifs is 1. The van der Waals surface area contributed by atoms with Crippen LogP contribution in [0, 0.1) is 0 Å². The van der Waals surface area contributed by atoms with Gasteiger partial charge in [-0.05, 0) is 52.1 Å². The van der Waals surface area contributed by atoms with Crippen LogP contribution in [0.15, 0.2) is 24.4 Å². The second kappa shape index (κ2) is 5.58. The van der Waals surface area contributed by atoms with E-state index in [1.54, 1.807) is 0 Å². The fourth-order valence-corrected chi connectivity index (χ4v) is 3.31. The Balaban J connectivity index is 1.62. The zero-order valence-corrected chi connectivity index (χ0v) is 14.9. The van der Waals surface area contributed by atoms with Gasteiger partial charge in [0, 0.05) is 24.8 Å². The molecule has 0 atom stereocenters. The van der Waals surface area contributed by atoms with E-state index < -0.39 is 0 Å². The lowest BCUT2D eigenvalue weighted by Gasteiger charge is -2.32. The van der Waals surface area contributed by atoms with Gasteiger partial charge in [0.05, 0.1) is 22.8 Å². The standard InChI is InChI=1S/C18H25BN2O3/c1-17(2)18(3,4)24-19(23-17)14-6-5-13-12-21(20-16(13)11-14)15-7-9-22-10-8-15/h5-6,11-12,15H,7-10H2,1-4H3. The molecule has 1 aromatic heterocycles. The first-order valence-electron chi connectivity index (χ1n) is 8.78. The molecule has 128 valence electrons. The summed E-state index contributed by atoms with van der Waals surface area (Å²) in [6, 6.07) is 6.72. The van der Waals surface area contributed by atoms with Crippen molar-refractivity contribution < 1.29 is 14.0 Å². The zero-order valence-electron chi connectivity index (χ0n) is 14.9. The third-order valence-corrected chi connectivity index (χ3v) is 5.64. The van der Waals surface area contributed by atoms with Gasteiger partial charge in [-0.15, -0.1) is 0 Å². The Labute approximate surface area is 143 Å². The van der Waals surface area contributed by atoms with Crippen LogP contribution >= 0.6 is 0 Å². The van der Waals surface area contributed by atoms with Crippen molar-refractivity contribution in [3.8, 4) is 0 Å². The Kier molecular flexibility index (Phi) is 3.75. The van der Waals surface area contributed by atoms with Crippen molar-refractivity contribution in [2.24, 2.45) is 0 Å². The Morgan fingerprint density at radius 2 is 1.75 bits per heavy atom. The van der Waals surface area contributed by atoms with Crippen LogP contribution in [0.4, 0.5) is 0 Å². The molecule has 0 saturated carbocycles. The van der Waals surface area contributed by atoms with Crippen LogP contribution in [-0.4, -0.2) is 41.3 Å². The highest BCUT2D eigenvalue weighted by atomic mass is 16.7. The predicted molar refractivity (Wildman–Crippen MR) is 94.5 cm³/mol. The molecule has 2 aliphatic heterocycles. The Morgan fingerprint density at radius 3 is 2.42 bits per heavy atom. The summed E-state index contributed by atoms with van der Waals surface area (Å²) >= 11 is 0.